The van der Waals surface area contributed by atoms with Gasteiger partial charge in [-0.2, -0.15) is 0 Å². The lowest BCUT2D eigenvalue weighted by atomic mass is 10.1. The molecule has 0 saturated heterocycles. The number of rotatable bonds is 4. The second kappa shape index (κ2) is 3.84. The molecule has 0 unspecified atom stereocenters. The summed E-state index contributed by atoms with van der Waals surface area (Å²) in [5.41, 5.74) is 1.45. The van der Waals surface area contributed by atoms with Gasteiger partial charge in [0.2, 0.25) is 0 Å². The highest BCUT2D eigenvalue weighted by molar-refractivity contribution is 6.30. The SMILES string of the molecule is Cc1c(Cl)nc(C2CC2)nc1NCC1(C)CC1. The van der Waals surface area contributed by atoms with E-state index >= 15 is 0 Å². The number of aromatic nitrogens is 2. The summed E-state index contributed by atoms with van der Waals surface area (Å²) in [6.45, 7) is 5.28. The maximum absolute atomic E-state index is 6.17. The van der Waals surface area contributed by atoms with Crippen LogP contribution in [0.5, 0.6) is 0 Å². The van der Waals surface area contributed by atoms with Crippen LogP contribution >= 0.6 is 11.6 Å². The number of halogens is 1. The number of nitrogens with zero attached hydrogens (tertiary/aromatic N) is 2. The molecule has 0 amide bonds. The number of hydrogen-bond donors (Lipinski definition) is 1. The second-order valence-corrected chi connectivity index (χ2v) is 6.14. The predicted octanol–water partition coefficient (Wildman–Crippen LogP) is 3.53. The van der Waals surface area contributed by atoms with Crippen LogP contribution in [0.3, 0.4) is 0 Å². The van der Waals surface area contributed by atoms with E-state index in [4.69, 9.17) is 11.6 Å². The van der Waals surface area contributed by atoms with E-state index in [-0.39, 0.29) is 0 Å². The monoisotopic (exact) mass is 251 g/mol. The molecule has 0 atom stereocenters. The van der Waals surface area contributed by atoms with E-state index in [1.165, 1.54) is 25.7 Å². The van der Waals surface area contributed by atoms with Crippen molar-refractivity contribution in [3.63, 3.8) is 0 Å². The lowest BCUT2D eigenvalue weighted by molar-refractivity contribution is 0.608. The third-order valence-electron chi connectivity index (χ3n) is 3.83. The Balaban J connectivity index is 1.80. The summed E-state index contributed by atoms with van der Waals surface area (Å²) in [7, 11) is 0. The van der Waals surface area contributed by atoms with E-state index in [2.05, 4.69) is 22.2 Å². The van der Waals surface area contributed by atoms with E-state index in [1.54, 1.807) is 0 Å². The van der Waals surface area contributed by atoms with Crippen molar-refractivity contribution >= 4 is 17.4 Å². The Hall–Kier alpha value is -0.830. The third kappa shape index (κ3) is 2.39. The molecule has 92 valence electrons. The number of anilines is 1. The molecule has 2 fully saturated rings. The summed E-state index contributed by atoms with van der Waals surface area (Å²) < 4.78 is 0. The predicted molar refractivity (Wildman–Crippen MR) is 69.6 cm³/mol. The van der Waals surface area contributed by atoms with E-state index in [9.17, 15) is 0 Å². The van der Waals surface area contributed by atoms with Gasteiger partial charge in [0, 0.05) is 18.0 Å². The first kappa shape index (κ1) is 11.3. The Labute approximate surface area is 107 Å². The van der Waals surface area contributed by atoms with Crippen LogP contribution < -0.4 is 5.32 Å². The topological polar surface area (TPSA) is 37.8 Å². The Morgan fingerprint density at radius 2 is 2.06 bits per heavy atom. The van der Waals surface area contributed by atoms with Gasteiger partial charge in [0.05, 0.1) is 0 Å². The van der Waals surface area contributed by atoms with Crippen molar-refractivity contribution in [3.05, 3.63) is 16.5 Å². The summed E-state index contributed by atoms with van der Waals surface area (Å²) in [5, 5.41) is 4.05. The van der Waals surface area contributed by atoms with Crippen LogP contribution in [0.4, 0.5) is 5.82 Å². The van der Waals surface area contributed by atoms with Crippen LogP contribution in [0.15, 0.2) is 0 Å². The average molecular weight is 252 g/mol. The zero-order chi connectivity index (χ0) is 12.0. The van der Waals surface area contributed by atoms with Crippen molar-refractivity contribution in [1.29, 1.82) is 0 Å². The van der Waals surface area contributed by atoms with Gasteiger partial charge in [0.1, 0.15) is 16.8 Å². The van der Waals surface area contributed by atoms with E-state index in [0.717, 1.165) is 23.8 Å². The maximum Gasteiger partial charge on any atom is 0.137 e. The van der Waals surface area contributed by atoms with Crippen LogP contribution in [-0.4, -0.2) is 16.5 Å². The fourth-order valence-electron chi connectivity index (χ4n) is 1.89. The molecule has 2 aliphatic rings. The molecule has 0 radical (unpaired) electrons. The van der Waals surface area contributed by atoms with Crippen molar-refractivity contribution in [2.75, 3.05) is 11.9 Å². The molecule has 2 aliphatic carbocycles. The molecule has 3 nitrogen and oxygen atoms in total. The smallest absolute Gasteiger partial charge is 0.137 e. The zero-order valence-corrected chi connectivity index (χ0v) is 11.1. The minimum absolute atomic E-state index is 0.476. The molecule has 0 bridgehead atoms. The van der Waals surface area contributed by atoms with Gasteiger partial charge in [-0.15, -0.1) is 0 Å². The fourth-order valence-corrected chi connectivity index (χ4v) is 2.07. The Morgan fingerprint density at radius 3 is 2.65 bits per heavy atom. The van der Waals surface area contributed by atoms with Crippen LogP contribution in [0.2, 0.25) is 5.15 Å². The van der Waals surface area contributed by atoms with Crippen molar-refractivity contribution < 1.29 is 0 Å². The standard InChI is InChI=1S/C13H18ClN3/c1-8-10(14)16-12(9-3-4-9)17-11(8)15-7-13(2)5-6-13/h9H,3-7H2,1-2H3,(H,15,16,17). The summed E-state index contributed by atoms with van der Waals surface area (Å²) in [6.07, 6.45) is 5.04. The lowest BCUT2D eigenvalue weighted by Crippen LogP contribution is -2.14. The normalized spacial score (nSPS) is 21.4. The van der Waals surface area contributed by atoms with Crippen LogP contribution in [0.25, 0.3) is 0 Å². The molecule has 4 heteroatoms. The summed E-state index contributed by atoms with van der Waals surface area (Å²) in [4.78, 5) is 8.99. The minimum atomic E-state index is 0.476. The van der Waals surface area contributed by atoms with Crippen molar-refractivity contribution in [1.82, 2.24) is 9.97 Å². The Bertz CT molecular complexity index is 450. The molecule has 1 heterocycles. The first-order valence-corrected chi connectivity index (χ1v) is 6.73. The van der Waals surface area contributed by atoms with Gasteiger partial charge in [-0.1, -0.05) is 18.5 Å². The van der Waals surface area contributed by atoms with Gasteiger partial charge in [-0.25, -0.2) is 9.97 Å². The number of hydrogen-bond acceptors (Lipinski definition) is 3. The van der Waals surface area contributed by atoms with Crippen LogP contribution in [0.1, 0.15) is 49.9 Å². The summed E-state index contributed by atoms with van der Waals surface area (Å²) in [6, 6.07) is 0. The zero-order valence-electron chi connectivity index (χ0n) is 10.4. The van der Waals surface area contributed by atoms with Gasteiger partial charge >= 0.3 is 0 Å². The Kier molecular flexibility index (Phi) is 2.54. The summed E-state index contributed by atoms with van der Waals surface area (Å²) >= 11 is 6.17. The first-order valence-electron chi connectivity index (χ1n) is 6.35. The highest BCUT2D eigenvalue weighted by Gasteiger charge is 2.37. The molecule has 3 rings (SSSR count). The van der Waals surface area contributed by atoms with E-state index in [0.29, 0.717) is 16.5 Å². The maximum atomic E-state index is 6.17. The molecule has 1 aromatic heterocycles. The molecular formula is C13H18ClN3. The molecule has 0 aliphatic heterocycles. The Morgan fingerprint density at radius 1 is 1.35 bits per heavy atom. The lowest BCUT2D eigenvalue weighted by Gasteiger charge is -2.14. The quantitative estimate of drug-likeness (QED) is 0.832. The molecular weight excluding hydrogens is 234 g/mol. The van der Waals surface area contributed by atoms with Gasteiger partial charge in [0.15, 0.2) is 0 Å². The average Bonchev–Trinajstić information content (AvgIpc) is 3.16. The van der Waals surface area contributed by atoms with Crippen molar-refractivity contribution in [3.8, 4) is 0 Å². The summed E-state index contributed by atoms with van der Waals surface area (Å²) in [5.74, 6) is 2.40. The van der Waals surface area contributed by atoms with Gasteiger partial charge in [0.25, 0.3) is 0 Å². The van der Waals surface area contributed by atoms with Gasteiger partial charge < -0.3 is 5.32 Å². The van der Waals surface area contributed by atoms with E-state index < -0.39 is 0 Å². The van der Waals surface area contributed by atoms with Crippen molar-refractivity contribution in [2.45, 2.75) is 45.4 Å². The minimum Gasteiger partial charge on any atom is -0.369 e. The van der Waals surface area contributed by atoms with E-state index in [1.807, 2.05) is 6.92 Å². The van der Waals surface area contributed by atoms with Crippen LogP contribution in [-0.2, 0) is 0 Å². The molecule has 1 aromatic rings. The molecule has 17 heavy (non-hydrogen) atoms. The van der Waals surface area contributed by atoms with Gasteiger partial charge in [-0.05, 0) is 38.0 Å². The first-order chi connectivity index (χ1) is 8.07. The van der Waals surface area contributed by atoms with Gasteiger partial charge in [-0.3, -0.25) is 0 Å². The highest BCUT2D eigenvalue weighted by atomic mass is 35.5. The second-order valence-electron chi connectivity index (χ2n) is 5.78. The third-order valence-corrected chi connectivity index (χ3v) is 4.20. The molecule has 1 N–H and O–H groups in total. The molecule has 0 aromatic carbocycles. The fraction of sp³-hybridized carbons (Fsp3) is 0.692. The van der Waals surface area contributed by atoms with Crippen LogP contribution in [0, 0.1) is 12.3 Å². The highest BCUT2D eigenvalue weighted by Crippen LogP contribution is 2.45. The molecule has 0 spiro atoms. The largest absolute Gasteiger partial charge is 0.369 e. The molecule has 2 saturated carbocycles. The number of nitrogens with one attached hydrogen (secondary N) is 1. The van der Waals surface area contributed by atoms with Crippen molar-refractivity contribution in [2.24, 2.45) is 5.41 Å².